The van der Waals surface area contributed by atoms with E-state index in [4.69, 9.17) is 0 Å². The molecule has 0 saturated heterocycles. The van der Waals surface area contributed by atoms with E-state index in [0.717, 1.165) is 11.8 Å². The second kappa shape index (κ2) is 8.21. The Balaban J connectivity index is 1.75. The van der Waals surface area contributed by atoms with Crippen LogP contribution in [0.4, 0.5) is 0 Å². The van der Waals surface area contributed by atoms with Crippen LogP contribution in [0.15, 0.2) is 91.0 Å². The van der Waals surface area contributed by atoms with E-state index in [2.05, 4.69) is 118 Å². The second-order valence-corrected chi connectivity index (χ2v) is 14.0. The first-order chi connectivity index (χ1) is 15.5. The van der Waals surface area contributed by atoms with Crippen molar-refractivity contribution in [3.05, 3.63) is 91.0 Å². The van der Waals surface area contributed by atoms with Crippen molar-refractivity contribution in [3.8, 4) is 5.97 Å². The van der Waals surface area contributed by atoms with E-state index in [-0.39, 0.29) is 6.43 Å². The van der Waals surface area contributed by atoms with Crippen LogP contribution >= 0.6 is 7.14 Å². The van der Waals surface area contributed by atoms with Gasteiger partial charge in [-0.25, -0.2) is 5.26 Å². The molecule has 0 heterocycles. The number of fused-ring (bicyclic) bond motifs is 2. The molecule has 2 bridgehead atoms. The molecular formula is C29H32BNP. The maximum Gasteiger partial charge on any atom is 0.208 e. The van der Waals surface area contributed by atoms with Gasteiger partial charge in [0.15, 0.2) is 0 Å². The Bertz CT molecular complexity index is 1010. The molecule has 32 heavy (non-hydrogen) atoms. The van der Waals surface area contributed by atoms with Crippen LogP contribution < -0.4 is 15.9 Å². The number of nitrogens with zero attached hydrogens (tertiary/aromatic N) is 1. The lowest BCUT2D eigenvalue weighted by molar-refractivity contribution is -0.0985. The van der Waals surface area contributed by atoms with Crippen molar-refractivity contribution in [3.63, 3.8) is 0 Å². The Morgan fingerprint density at radius 1 is 0.781 bits per heavy atom. The standard InChI is InChI=1S/C29H32BNP/c1-22-27-19-23(29(27,2)3)20-28(22)30(21-31)32(24-13-7-4-8-14-24,25-15-9-5-10-16-25)26-17-11-6-12-18-26/h4-18,22-23,27-28H,19-20H2,1-3H3/t22-,23+,27-,28-/m1/s1. The quantitative estimate of drug-likeness (QED) is 0.350. The van der Waals surface area contributed by atoms with E-state index in [0.29, 0.717) is 17.2 Å². The average molecular weight is 436 g/mol. The fraction of sp³-hybridized carbons (Fsp3) is 0.345. The van der Waals surface area contributed by atoms with E-state index >= 15 is 0 Å². The van der Waals surface area contributed by atoms with E-state index in [9.17, 15) is 5.26 Å². The van der Waals surface area contributed by atoms with Gasteiger partial charge in [-0.05, 0) is 60.1 Å². The SMILES string of the molecule is C[C@@H]1[C@H]2C[C@@H](C[C@H]1[B-](C#N)[P+](c1ccccc1)(c1ccccc1)c1ccccc1)C2(C)C. The maximum atomic E-state index is 10.9. The molecule has 0 N–H and O–H groups in total. The Hall–Kier alpha value is -2.36. The van der Waals surface area contributed by atoms with Crippen molar-refractivity contribution in [1.82, 2.24) is 0 Å². The van der Waals surface area contributed by atoms with Gasteiger partial charge in [-0.2, -0.15) is 0 Å². The first kappa shape index (κ1) is 21.5. The highest BCUT2D eigenvalue weighted by molar-refractivity contribution is 8.20. The summed E-state index contributed by atoms with van der Waals surface area (Å²) in [5.74, 6) is 5.42. The number of rotatable bonds is 5. The van der Waals surface area contributed by atoms with E-state index < -0.39 is 7.14 Å². The van der Waals surface area contributed by atoms with Gasteiger partial charge < -0.3 is 0 Å². The van der Waals surface area contributed by atoms with Gasteiger partial charge in [0, 0.05) is 0 Å². The lowest BCUT2D eigenvalue weighted by Crippen LogP contribution is -2.57. The maximum absolute atomic E-state index is 10.9. The molecule has 3 aliphatic rings. The topological polar surface area (TPSA) is 23.8 Å². The van der Waals surface area contributed by atoms with Gasteiger partial charge in [-0.3, -0.25) is 0 Å². The number of benzene rings is 3. The van der Waals surface area contributed by atoms with Crippen LogP contribution in [-0.4, -0.2) is 6.43 Å². The lowest BCUT2D eigenvalue weighted by Gasteiger charge is -2.65. The van der Waals surface area contributed by atoms with Crippen molar-refractivity contribution >= 4 is 29.5 Å². The highest BCUT2D eigenvalue weighted by atomic mass is 31.2. The molecule has 0 aliphatic heterocycles. The van der Waals surface area contributed by atoms with Crippen molar-refractivity contribution < 1.29 is 0 Å². The van der Waals surface area contributed by atoms with Crippen molar-refractivity contribution in [2.24, 2.45) is 23.2 Å². The minimum atomic E-state index is -2.18. The van der Waals surface area contributed by atoms with Gasteiger partial charge in [0.2, 0.25) is 6.43 Å². The molecule has 3 heteroatoms. The smallest absolute Gasteiger partial charge is 0.208 e. The number of hydrogen-bond acceptors (Lipinski definition) is 1. The number of nitriles is 1. The highest BCUT2D eigenvalue weighted by Crippen LogP contribution is 2.70. The zero-order valence-electron chi connectivity index (χ0n) is 19.4. The predicted molar refractivity (Wildman–Crippen MR) is 139 cm³/mol. The predicted octanol–water partition coefficient (Wildman–Crippen LogP) is 6.11. The van der Waals surface area contributed by atoms with Crippen LogP contribution in [-0.2, 0) is 0 Å². The molecule has 3 aliphatic carbocycles. The Morgan fingerprint density at radius 2 is 1.22 bits per heavy atom. The van der Waals surface area contributed by atoms with Crippen LogP contribution in [0.1, 0.15) is 33.6 Å². The highest BCUT2D eigenvalue weighted by Gasteiger charge is 2.59. The van der Waals surface area contributed by atoms with Crippen molar-refractivity contribution in [1.29, 1.82) is 5.26 Å². The first-order valence-corrected chi connectivity index (χ1v) is 13.8. The lowest BCUT2D eigenvalue weighted by atomic mass is 9.37. The molecule has 0 amide bonds. The van der Waals surface area contributed by atoms with Gasteiger partial charge in [-0.15, -0.1) is 11.8 Å². The zero-order valence-corrected chi connectivity index (χ0v) is 20.3. The fourth-order valence-electron chi connectivity index (χ4n) is 6.99. The van der Waals surface area contributed by atoms with Gasteiger partial charge in [-0.1, -0.05) is 94.8 Å². The van der Waals surface area contributed by atoms with Crippen LogP contribution in [0.5, 0.6) is 0 Å². The molecular weight excluding hydrogens is 404 g/mol. The second-order valence-electron chi connectivity index (χ2n) is 10.4. The third-order valence-electron chi connectivity index (χ3n) is 8.86. The third kappa shape index (κ3) is 3.09. The van der Waals surface area contributed by atoms with E-state index in [1.807, 2.05) is 0 Å². The summed E-state index contributed by atoms with van der Waals surface area (Å²) < 4.78 is 0. The zero-order chi connectivity index (χ0) is 22.3. The summed E-state index contributed by atoms with van der Waals surface area (Å²) >= 11 is 0. The summed E-state index contributed by atoms with van der Waals surface area (Å²) in [7, 11) is -2.18. The van der Waals surface area contributed by atoms with Crippen LogP contribution in [0.2, 0.25) is 5.82 Å². The molecule has 0 aromatic heterocycles. The molecule has 1 radical (unpaired) electrons. The van der Waals surface area contributed by atoms with Gasteiger partial charge in [0.25, 0.3) is 0 Å². The molecule has 0 unspecified atom stereocenters. The summed E-state index contributed by atoms with van der Waals surface area (Å²) in [6, 6.07) is 32.8. The molecule has 0 spiro atoms. The van der Waals surface area contributed by atoms with Gasteiger partial charge >= 0.3 is 0 Å². The summed E-state index contributed by atoms with van der Waals surface area (Å²) in [6.45, 7) is 7.34. The first-order valence-electron chi connectivity index (χ1n) is 12.0. The van der Waals surface area contributed by atoms with E-state index in [1.54, 1.807) is 0 Å². The average Bonchev–Trinajstić information content (AvgIpc) is 2.84. The molecule has 4 atom stereocenters. The van der Waals surface area contributed by atoms with Crippen molar-refractivity contribution in [2.45, 2.75) is 39.4 Å². The minimum absolute atomic E-state index is 0.0221. The van der Waals surface area contributed by atoms with Gasteiger partial charge in [0.1, 0.15) is 0 Å². The largest absolute Gasteiger partial charge is 0.248 e. The summed E-state index contributed by atoms with van der Waals surface area (Å²) in [4.78, 5) is 0. The summed E-state index contributed by atoms with van der Waals surface area (Å²) in [6.07, 6.45) is 2.50. The molecule has 3 aromatic carbocycles. The molecule has 1 nitrogen and oxygen atoms in total. The van der Waals surface area contributed by atoms with E-state index in [1.165, 1.54) is 28.8 Å². The molecule has 3 saturated carbocycles. The van der Waals surface area contributed by atoms with Gasteiger partial charge in [0.05, 0.1) is 15.9 Å². The summed E-state index contributed by atoms with van der Waals surface area (Å²) in [5, 5.41) is 14.9. The Labute approximate surface area is 194 Å². The summed E-state index contributed by atoms with van der Waals surface area (Å²) in [5.41, 5.74) is 0.420. The van der Waals surface area contributed by atoms with Crippen LogP contribution in [0, 0.1) is 34.4 Å². The fourth-order valence-corrected chi connectivity index (χ4v) is 11.9. The normalized spacial score (nSPS) is 26.2. The molecule has 161 valence electrons. The monoisotopic (exact) mass is 436 g/mol. The van der Waals surface area contributed by atoms with Crippen molar-refractivity contribution in [2.75, 3.05) is 0 Å². The molecule has 3 aromatic rings. The Morgan fingerprint density at radius 3 is 1.56 bits per heavy atom. The third-order valence-corrected chi connectivity index (χ3v) is 13.5. The number of hydrogen-bond donors (Lipinski definition) is 0. The van der Waals surface area contributed by atoms with Crippen LogP contribution in [0.25, 0.3) is 0 Å². The van der Waals surface area contributed by atoms with Crippen LogP contribution in [0.3, 0.4) is 0 Å². The molecule has 6 rings (SSSR count). The Kier molecular flexibility index (Phi) is 5.51. The molecule has 3 fully saturated rings. The minimum Gasteiger partial charge on any atom is -0.248 e.